The van der Waals surface area contributed by atoms with Crippen LogP contribution < -0.4 is 10.6 Å². The highest BCUT2D eigenvalue weighted by Gasteiger charge is 2.22. The van der Waals surface area contributed by atoms with Crippen LogP contribution in [0.3, 0.4) is 0 Å². The van der Waals surface area contributed by atoms with Gasteiger partial charge in [0.15, 0.2) is 5.96 Å². The van der Waals surface area contributed by atoms with E-state index in [9.17, 15) is 5.11 Å². The van der Waals surface area contributed by atoms with Crippen LogP contribution in [-0.4, -0.2) is 43.9 Å². The van der Waals surface area contributed by atoms with Crippen LogP contribution in [0.15, 0.2) is 35.3 Å². The zero-order valence-electron chi connectivity index (χ0n) is 15.3. The van der Waals surface area contributed by atoms with E-state index in [2.05, 4.69) is 15.6 Å². The molecule has 3 N–H and O–H groups in total. The predicted molar refractivity (Wildman–Crippen MR) is 114 cm³/mol. The van der Waals surface area contributed by atoms with Gasteiger partial charge in [-0.2, -0.15) is 0 Å². The van der Waals surface area contributed by atoms with Crippen LogP contribution in [0, 0.1) is 5.92 Å². The van der Waals surface area contributed by atoms with Gasteiger partial charge >= 0.3 is 0 Å². The van der Waals surface area contributed by atoms with Crippen LogP contribution >= 0.6 is 24.0 Å². The average Bonchev–Trinajstić information content (AvgIpc) is 3.41. The number of ether oxygens (including phenoxy) is 1. The Hall–Kier alpha value is -0.860. The first kappa shape index (κ1) is 22.2. The molecule has 1 saturated carbocycles. The molecule has 1 fully saturated rings. The van der Waals surface area contributed by atoms with E-state index in [1.165, 1.54) is 12.8 Å². The quantitative estimate of drug-likeness (QED) is 0.217. The summed E-state index contributed by atoms with van der Waals surface area (Å²) in [4.78, 5) is 4.52. The molecule has 0 heterocycles. The van der Waals surface area contributed by atoms with E-state index >= 15 is 0 Å². The van der Waals surface area contributed by atoms with E-state index in [-0.39, 0.29) is 24.0 Å². The molecule has 1 aliphatic carbocycles. The molecule has 1 atom stereocenters. The molecule has 142 valence electrons. The molecule has 0 aliphatic heterocycles. The molecule has 1 aromatic rings. The molecule has 1 unspecified atom stereocenters. The highest BCUT2D eigenvalue weighted by atomic mass is 127. The lowest BCUT2D eigenvalue weighted by atomic mass is 9.96. The number of aliphatic imine (C=N–C) groups is 1. The van der Waals surface area contributed by atoms with Crippen molar-refractivity contribution in [2.75, 3.05) is 32.8 Å². The van der Waals surface area contributed by atoms with Crippen molar-refractivity contribution >= 4 is 29.9 Å². The minimum absolute atomic E-state index is 0. The van der Waals surface area contributed by atoms with Crippen molar-refractivity contribution in [3.8, 4) is 0 Å². The third-order valence-corrected chi connectivity index (χ3v) is 4.09. The second-order valence-corrected chi connectivity index (χ2v) is 6.63. The molecule has 2 rings (SSSR count). The number of nitrogens with one attached hydrogen (secondary N) is 2. The van der Waals surface area contributed by atoms with Gasteiger partial charge in [0.1, 0.15) is 5.60 Å². The maximum atomic E-state index is 10.6. The number of guanidine groups is 1. The lowest BCUT2D eigenvalue weighted by molar-refractivity contribution is 0.0672. The van der Waals surface area contributed by atoms with E-state index in [0.29, 0.717) is 6.54 Å². The molecule has 0 radical (unpaired) electrons. The highest BCUT2D eigenvalue weighted by molar-refractivity contribution is 14.0. The molecule has 1 aliphatic rings. The van der Waals surface area contributed by atoms with Crippen LogP contribution in [0.25, 0.3) is 0 Å². The summed E-state index contributed by atoms with van der Waals surface area (Å²) in [5.74, 6) is 1.55. The predicted octanol–water partition coefficient (Wildman–Crippen LogP) is 2.88. The van der Waals surface area contributed by atoms with Gasteiger partial charge < -0.3 is 20.5 Å². The van der Waals surface area contributed by atoms with Crippen molar-refractivity contribution in [1.82, 2.24) is 10.6 Å². The second kappa shape index (κ2) is 11.7. The number of nitrogens with zero attached hydrogens (tertiary/aromatic N) is 1. The topological polar surface area (TPSA) is 65.9 Å². The SMILES string of the molecule is CCNC(=NCC(C)(O)c1ccccc1)NCCCOCC1CC1.I. The Morgan fingerprint density at radius 2 is 2.00 bits per heavy atom. The number of hydrogen-bond acceptors (Lipinski definition) is 3. The van der Waals surface area contributed by atoms with E-state index in [1.54, 1.807) is 6.92 Å². The van der Waals surface area contributed by atoms with Gasteiger partial charge in [0, 0.05) is 26.3 Å². The Balaban J connectivity index is 0.00000312. The zero-order chi connectivity index (χ0) is 17.3. The van der Waals surface area contributed by atoms with Gasteiger partial charge in [-0.1, -0.05) is 30.3 Å². The molecule has 0 bridgehead atoms. The Labute approximate surface area is 168 Å². The number of benzene rings is 1. The molecular weight excluding hydrogens is 429 g/mol. The van der Waals surface area contributed by atoms with Crippen LogP contribution in [0.1, 0.15) is 38.7 Å². The van der Waals surface area contributed by atoms with Gasteiger partial charge in [-0.05, 0) is 44.6 Å². The Kier molecular flexibility index (Phi) is 10.4. The molecule has 0 amide bonds. The molecule has 0 saturated heterocycles. The standard InChI is InChI=1S/C19H31N3O2.HI/c1-3-20-18(21-12-7-13-24-14-16-10-11-16)22-15-19(2,23)17-8-5-4-6-9-17;/h4-6,8-9,16,23H,3,7,10-15H2,1-2H3,(H2,20,21,22);1H. The van der Waals surface area contributed by atoms with Gasteiger partial charge in [-0.15, -0.1) is 24.0 Å². The van der Waals surface area contributed by atoms with Crippen LogP contribution in [0.4, 0.5) is 0 Å². The summed E-state index contributed by atoms with van der Waals surface area (Å²) in [5.41, 5.74) is -0.102. The summed E-state index contributed by atoms with van der Waals surface area (Å²) in [7, 11) is 0. The average molecular weight is 461 g/mol. The smallest absolute Gasteiger partial charge is 0.191 e. The van der Waals surface area contributed by atoms with Crippen molar-refractivity contribution in [3.63, 3.8) is 0 Å². The summed E-state index contributed by atoms with van der Waals surface area (Å²) in [6.45, 7) is 7.43. The number of halogens is 1. The number of aliphatic hydroxyl groups is 1. The molecule has 1 aromatic carbocycles. The van der Waals surface area contributed by atoms with Crippen molar-refractivity contribution in [3.05, 3.63) is 35.9 Å². The Morgan fingerprint density at radius 1 is 1.28 bits per heavy atom. The fourth-order valence-electron chi connectivity index (χ4n) is 2.38. The molecule has 0 spiro atoms. The lowest BCUT2D eigenvalue weighted by Gasteiger charge is -2.22. The van der Waals surface area contributed by atoms with Crippen molar-refractivity contribution in [2.45, 2.75) is 38.7 Å². The van der Waals surface area contributed by atoms with E-state index in [0.717, 1.165) is 50.2 Å². The fourth-order valence-corrected chi connectivity index (χ4v) is 2.38. The maximum Gasteiger partial charge on any atom is 0.191 e. The maximum absolute atomic E-state index is 10.6. The molecular formula is C19H32IN3O2. The Bertz CT molecular complexity index is 505. The van der Waals surface area contributed by atoms with E-state index < -0.39 is 5.60 Å². The van der Waals surface area contributed by atoms with Gasteiger partial charge in [0.2, 0.25) is 0 Å². The normalized spacial score (nSPS) is 16.7. The monoisotopic (exact) mass is 461 g/mol. The van der Waals surface area contributed by atoms with Crippen molar-refractivity contribution in [1.29, 1.82) is 0 Å². The summed E-state index contributed by atoms with van der Waals surface area (Å²) >= 11 is 0. The summed E-state index contributed by atoms with van der Waals surface area (Å²) in [5, 5.41) is 17.1. The third-order valence-electron chi connectivity index (χ3n) is 4.09. The summed E-state index contributed by atoms with van der Waals surface area (Å²) in [6, 6.07) is 9.65. The summed E-state index contributed by atoms with van der Waals surface area (Å²) in [6.07, 6.45) is 3.61. The third kappa shape index (κ3) is 8.87. The molecule has 25 heavy (non-hydrogen) atoms. The van der Waals surface area contributed by atoms with Crippen molar-refractivity contribution in [2.24, 2.45) is 10.9 Å². The molecule has 5 nitrogen and oxygen atoms in total. The van der Waals surface area contributed by atoms with Gasteiger partial charge in [0.25, 0.3) is 0 Å². The van der Waals surface area contributed by atoms with Gasteiger partial charge in [-0.25, -0.2) is 4.99 Å². The summed E-state index contributed by atoms with van der Waals surface area (Å²) < 4.78 is 5.63. The minimum atomic E-state index is -0.975. The minimum Gasteiger partial charge on any atom is -0.384 e. The fraction of sp³-hybridized carbons (Fsp3) is 0.632. The first-order chi connectivity index (χ1) is 11.6. The first-order valence-electron chi connectivity index (χ1n) is 8.99. The van der Waals surface area contributed by atoms with E-state index in [1.807, 2.05) is 37.3 Å². The van der Waals surface area contributed by atoms with Crippen molar-refractivity contribution < 1.29 is 9.84 Å². The number of hydrogen-bond donors (Lipinski definition) is 3. The zero-order valence-corrected chi connectivity index (χ0v) is 17.7. The van der Waals surface area contributed by atoms with Crippen LogP contribution in [0.2, 0.25) is 0 Å². The van der Waals surface area contributed by atoms with E-state index in [4.69, 9.17) is 4.74 Å². The van der Waals surface area contributed by atoms with Crippen LogP contribution in [-0.2, 0) is 10.3 Å². The first-order valence-corrected chi connectivity index (χ1v) is 8.99. The molecule has 0 aromatic heterocycles. The highest BCUT2D eigenvalue weighted by Crippen LogP contribution is 2.28. The largest absolute Gasteiger partial charge is 0.384 e. The van der Waals surface area contributed by atoms with Crippen LogP contribution in [0.5, 0.6) is 0 Å². The Morgan fingerprint density at radius 3 is 2.64 bits per heavy atom. The molecule has 6 heteroatoms. The van der Waals surface area contributed by atoms with Gasteiger partial charge in [-0.3, -0.25) is 0 Å². The lowest BCUT2D eigenvalue weighted by Crippen LogP contribution is -2.39. The van der Waals surface area contributed by atoms with Gasteiger partial charge in [0.05, 0.1) is 6.54 Å². The number of rotatable bonds is 10. The second-order valence-electron chi connectivity index (χ2n) is 6.63.